The van der Waals surface area contributed by atoms with Gasteiger partial charge in [-0.1, -0.05) is 20.8 Å². The maximum atomic E-state index is 4.50. The molecule has 12 heavy (non-hydrogen) atoms. The standard InChI is InChI=1S/C10H17NS/c1-5-10-11-8(4)9(12-10)6-7(2)3/h7H,5-6H2,1-4H3. The number of aryl methyl sites for hydroxylation is 2. The van der Waals surface area contributed by atoms with E-state index in [0.29, 0.717) is 0 Å². The molecular formula is C10H17NS. The lowest BCUT2D eigenvalue weighted by Crippen LogP contribution is -1.92. The molecule has 1 aromatic heterocycles. The van der Waals surface area contributed by atoms with E-state index in [2.05, 4.69) is 32.7 Å². The van der Waals surface area contributed by atoms with Crippen molar-refractivity contribution in [2.45, 2.75) is 40.5 Å². The van der Waals surface area contributed by atoms with E-state index in [4.69, 9.17) is 0 Å². The first-order chi connectivity index (χ1) is 5.63. The Morgan fingerprint density at radius 3 is 2.50 bits per heavy atom. The molecule has 0 aromatic carbocycles. The Balaban J connectivity index is 2.77. The molecule has 0 aliphatic carbocycles. The first kappa shape index (κ1) is 9.72. The minimum atomic E-state index is 0.744. The molecule has 2 heteroatoms. The highest BCUT2D eigenvalue weighted by Crippen LogP contribution is 2.21. The van der Waals surface area contributed by atoms with Crippen LogP contribution in [0.25, 0.3) is 0 Å². The summed E-state index contributed by atoms with van der Waals surface area (Å²) in [5, 5.41) is 1.28. The maximum absolute atomic E-state index is 4.50. The number of nitrogens with zero attached hydrogens (tertiary/aromatic N) is 1. The fourth-order valence-corrected chi connectivity index (χ4v) is 2.42. The van der Waals surface area contributed by atoms with Gasteiger partial charge in [-0.15, -0.1) is 11.3 Å². The number of hydrogen-bond donors (Lipinski definition) is 0. The quantitative estimate of drug-likeness (QED) is 0.701. The monoisotopic (exact) mass is 183 g/mol. The van der Waals surface area contributed by atoms with Crippen molar-refractivity contribution in [3.05, 3.63) is 15.6 Å². The van der Waals surface area contributed by atoms with E-state index in [9.17, 15) is 0 Å². The van der Waals surface area contributed by atoms with Crippen LogP contribution < -0.4 is 0 Å². The van der Waals surface area contributed by atoms with Crippen LogP contribution in [0.15, 0.2) is 0 Å². The minimum Gasteiger partial charge on any atom is -0.246 e. The lowest BCUT2D eigenvalue weighted by Gasteiger charge is -2.00. The Morgan fingerprint density at radius 1 is 1.42 bits per heavy atom. The maximum Gasteiger partial charge on any atom is 0.0928 e. The van der Waals surface area contributed by atoms with Gasteiger partial charge in [-0.05, 0) is 25.7 Å². The van der Waals surface area contributed by atoms with Gasteiger partial charge in [0.05, 0.1) is 10.7 Å². The molecule has 0 radical (unpaired) electrons. The molecule has 1 heterocycles. The highest BCUT2D eigenvalue weighted by Gasteiger charge is 2.07. The summed E-state index contributed by atoms with van der Waals surface area (Å²) in [6, 6.07) is 0. The Bertz CT molecular complexity index is 250. The largest absolute Gasteiger partial charge is 0.246 e. The van der Waals surface area contributed by atoms with Crippen LogP contribution in [0, 0.1) is 12.8 Å². The van der Waals surface area contributed by atoms with Gasteiger partial charge in [0.1, 0.15) is 0 Å². The van der Waals surface area contributed by atoms with E-state index < -0.39 is 0 Å². The fourth-order valence-electron chi connectivity index (χ4n) is 1.20. The molecule has 0 fully saturated rings. The SMILES string of the molecule is CCc1nc(C)c(CC(C)C)s1. The molecule has 0 N–H and O–H groups in total. The lowest BCUT2D eigenvalue weighted by molar-refractivity contribution is 0.651. The van der Waals surface area contributed by atoms with E-state index >= 15 is 0 Å². The number of hydrogen-bond acceptors (Lipinski definition) is 2. The van der Waals surface area contributed by atoms with Gasteiger partial charge < -0.3 is 0 Å². The number of rotatable bonds is 3. The Kier molecular flexibility index (Phi) is 3.27. The van der Waals surface area contributed by atoms with Crippen LogP contribution in [0.1, 0.15) is 36.3 Å². The number of thiazole rings is 1. The molecule has 0 spiro atoms. The lowest BCUT2D eigenvalue weighted by atomic mass is 10.1. The molecule has 0 saturated carbocycles. The van der Waals surface area contributed by atoms with Crippen molar-refractivity contribution in [3.8, 4) is 0 Å². The smallest absolute Gasteiger partial charge is 0.0928 e. The minimum absolute atomic E-state index is 0.744. The van der Waals surface area contributed by atoms with Crippen molar-refractivity contribution in [3.63, 3.8) is 0 Å². The van der Waals surface area contributed by atoms with Gasteiger partial charge >= 0.3 is 0 Å². The van der Waals surface area contributed by atoms with Crippen molar-refractivity contribution in [1.29, 1.82) is 0 Å². The molecule has 68 valence electrons. The van der Waals surface area contributed by atoms with Crippen LogP contribution in [0.4, 0.5) is 0 Å². The highest BCUT2D eigenvalue weighted by molar-refractivity contribution is 7.11. The molecule has 1 rings (SSSR count). The van der Waals surface area contributed by atoms with E-state index in [-0.39, 0.29) is 0 Å². The van der Waals surface area contributed by atoms with Crippen LogP contribution in [0.2, 0.25) is 0 Å². The Morgan fingerprint density at radius 2 is 2.08 bits per heavy atom. The van der Waals surface area contributed by atoms with Crippen LogP contribution in [0.3, 0.4) is 0 Å². The molecule has 0 atom stereocenters. The molecule has 0 aliphatic heterocycles. The second-order valence-corrected chi connectivity index (χ2v) is 4.74. The summed E-state index contributed by atoms with van der Waals surface area (Å²) in [6.45, 7) is 8.79. The zero-order valence-corrected chi connectivity index (χ0v) is 9.16. The van der Waals surface area contributed by atoms with Crippen molar-refractivity contribution >= 4 is 11.3 Å². The Hall–Kier alpha value is -0.370. The molecule has 1 aromatic rings. The van der Waals surface area contributed by atoms with Gasteiger partial charge in [0.15, 0.2) is 0 Å². The van der Waals surface area contributed by atoms with Crippen LogP contribution in [-0.4, -0.2) is 4.98 Å². The van der Waals surface area contributed by atoms with E-state index in [0.717, 1.165) is 12.3 Å². The average Bonchev–Trinajstić information content (AvgIpc) is 2.31. The summed E-state index contributed by atoms with van der Waals surface area (Å²) >= 11 is 1.88. The molecule has 0 unspecified atom stereocenters. The van der Waals surface area contributed by atoms with Gasteiger partial charge in [-0.3, -0.25) is 0 Å². The molecule has 0 amide bonds. The topological polar surface area (TPSA) is 12.9 Å². The Labute approximate surface area is 78.8 Å². The van der Waals surface area contributed by atoms with Crippen molar-refractivity contribution < 1.29 is 0 Å². The van der Waals surface area contributed by atoms with Gasteiger partial charge in [-0.25, -0.2) is 4.98 Å². The second-order valence-electron chi connectivity index (χ2n) is 3.57. The summed E-state index contributed by atoms with van der Waals surface area (Å²) in [6.07, 6.45) is 2.26. The second kappa shape index (κ2) is 4.04. The third-order valence-electron chi connectivity index (χ3n) is 1.83. The average molecular weight is 183 g/mol. The van der Waals surface area contributed by atoms with E-state index in [1.54, 1.807) is 0 Å². The van der Waals surface area contributed by atoms with Crippen molar-refractivity contribution in [1.82, 2.24) is 4.98 Å². The summed E-state index contributed by atoms with van der Waals surface area (Å²) in [5.41, 5.74) is 1.24. The first-order valence-corrected chi connectivity index (χ1v) is 5.40. The van der Waals surface area contributed by atoms with Gasteiger partial charge in [-0.2, -0.15) is 0 Å². The predicted molar refractivity (Wildman–Crippen MR) is 54.8 cm³/mol. The highest BCUT2D eigenvalue weighted by atomic mass is 32.1. The van der Waals surface area contributed by atoms with Gasteiger partial charge in [0, 0.05) is 4.88 Å². The summed E-state index contributed by atoms with van der Waals surface area (Å²) in [4.78, 5) is 5.97. The predicted octanol–water partition coefficient (Wildman–Crippen LogP) is 3.21. The van der Waals surface area contributed by atoms with Crippen LogP contribution >= 0.6 is 11.3 Å². The van der Waals surface area contributed by atoms with E-state index in [1.807, 2.05) is 11.3 Å². The molecule has 0 saturated heterocycles. The van der Waals surface area contributed by atoms with E-state index in [1.165, 1.54) is 22.0 Å². The zero-order chi connectivity index (χ0) is 9.14. The van der Waals surface area contributed by atoms with Crippen molar-refractivity contribution in [2.24, 2.45) is 5.92 Å². The summed E-state index contributed by atoms with van der Waals surface area (Å²) in [7, 11) is 0. The molecule has 0 bridgehead atoms. The summed E-state index contributed by atoms with van der Waals surface area (Å²) in [5.74, 6) is 0.744. The normalized spacial score (nSPS) is 11.1. The van der Waals surface area contributed by atoms with Gasteiger partial charge in [0.2, 0.25) is 0 Å². The molecular weight excluding hydrogens is 166 g/mol. The van der Waals surface area contributed by atoms with Crippen LogP contribution in [0.5, 0.6) is 0 Å². The first-order valence-electron chi connectivity index (χ1n) is 4.58. The van der Waals surface area contributed by atoms with Crippen LogP contribution in [-0.2, 0) is 12.8 Å². The number of aromatic nitrogens is 1. The third-order valence-corrected chi connectivity index (χ3v) is 3.16. The third kappa shape index (κ3) is 2.31. The fraction of sp³-hybridized carbons (Fsp3) is 0.700. The zero-order valence-electron chi connectivity index (χ0n) is 8.35. The molecule has 1 nitrogen and oxygen atoms in total. The molecule has 0 aliphatic rings. The van der Waals surface area contributed by atoms with Crippen molar-refractivity contribution in [2.75, 3.05) is 0 Å². The van der Waals surface area contributed by atoms with Gasteiger partial charge in [0.25, 0.3) is 0 Å². The summed E-state index contributed by atoms with van der Waals surface area (Å²) < 4.78 is 0.